The van der Waals surface area contributed by atoms with Crippen molar-refractivity contribution in [2.24, 2.45) is 0 Å². The Balaban J connectivity index is 2.04. The van der Waals surface area contributed by atoms with Crippen molar-refractivity contribution in [1.82, 2.24) is 10.6 Å². The first-order valence-electron chi connectivity index (χ1n) is 7.36. The molecule has 1 saturated heterocycles. The van der Waals surface area contributed by atoms with Crippen LogP contribution in [0.5, 0.6) is 0 Å². The van der Waals surface area contributed by atoms with Crippen LogP contribution in [0, 0.1) is 0 Å². The molecule has 1 heterocycles. The SMILES string of the molecule is CCCCNC(=O)C(C)OCCC1CCCCN1. The van der Waals surface area contributed by atoms with Crippen LogP contribution in [-0.2, 0) is 9.53 Å². The van der Waals surface area contributed by atoms with E-state index in [1.807, 2.05) is 6.92 Å². The number of unbranched alkanes of at least 4 members (excludes halogenated alkanes) is 1. The zero-order valence-corrected chi connectivity index (χ0v) is 11.8. The molecule has 0 aliphatic carbocycles. The van der Waals surface area contributed by atoms with Crippen molar-refractivity contribution < 1.29 is 9.53 Å². The fraction of sp³-hybridized carbons (Fsp3) is 0.929. The van der Waals surface area contributed by atoms with E-state index in [4.69, 9.17) is 4.74 Å². The summed E-state index contributed by atoms with van der Waals surface area (Å²) < 4.78 is 5.59. The first kappa shape index (κ1) is 15.4. The molecule has 106 valence electrons. The minimum Gasteiger partial charge on any atom is -0.369 e. The van der Waals surface area contributed by atoms with Gasteiger partial charge in [0.15, 0.2) is 0 Å². The highest BCUT2D eigenvalue weighted by atomic mass is 16.5. The molecule has 0 aromatic carbocycles. The van der Waals surface area contributed by atoms with Gasteiger partial charge < -0.3 is 15.4 Å². The number of piperidine rings is 1. The maximum absolute atomic E-state index is 11.6. The molecule has 1 aliphatic heterocycles. The van der Waals surface area contributed by atoms with E-state index in [0.29, 0.717) is 12.6 Å². The molecule has 18 heavy (non-hydrogen) atoms. The van der Waals surface area contributed by atoms with Gasteiger partial charge in [0.05, 0.1) is 0 Å². The molecule has 0 spiro atoms. The quantitative estimate of drug-likeness (QED) is 0.652. The van der Waals surface area contributed by atoms with Crippen LogP contribution in [0.25, 0.3) is 0 Å². The Kier molecular flexibility index (Phi) is 8.01. The second-order valence-corrected chi connectivity index (χ2v) is 5.09. The summed E-state index contributed by atoms with van der Waals surface area (Å²) in [5, 5.41) is 6.38. The summed E-state index contributed by atoms with van der Waals surface area (Å²) in [6.45, 7) is 6.49. The molecule has 4 heteroatoms. The van der Waals surface area contributed by atoms with Crippen LogP contribution in [0.1, 0.15) is 52.4 Å². The Bertz CT molecular complexity index is 228. The number of carbonyl (C=O) groups is 1. The summed E-state index contributed by atoms with van der Waals surface area (Å²) in [6.07, 6.45) is 6.64. The first-order chi connectivity index (χ1) is 8.74. The van der Waals surface area contributed by atoms with Gasteiger partial charge >= 0.3 is 0 Å². The third kappa shape index (κ3) is 6.36. The molecular weight excluding hydrogens is 228 g/mol. The Labute approximate surface area is 111 Å². The Morgan fingerprint density at radius 2 is 2.33 bits per heavy atom. The lowest BCUT2D eigenvalue weighted by Gasteiger charge is -2.23. The minimum atomic E-state index is -0.328. The van der Waals surface area contributed by atoms with Gasteiger partial charge in [-0.05, 0) is 39.2 Å². The monoisotopic (exact) mass is 256 g/mol. The van der Waals surface area contributed by atoms with E-state index < -0.39 is 0 Å². The number of hydrogen-bond donors (Lipinski definition) is 2. The second-order valence-electron chi connectivity index (χ2n) is 5.09. The molecule has 0 aromatic heterocycles. The Morgan fingerprint density at radius 1 is 1.50 bits per heavy atom. The highest BCUT2D eigenvalue weighted by Gasteiger charge is 2.15. The number of nitrogens with one attached hydrogen (secondary N) is 2. The predicted octanol–water partition coefficient (Wildman–Crippen LogP) is 1.84. The smallest absolute Gasteiger partial charge is 0.248 e. The molecule has 2 N–H and O–H groups in total. The average molecular weight is 256 g/mol. The van der Waals surface area contributed by atoms with E-state index >= 15 is 0 Å². The predicted molar refractivity (Wildman–Crippen MR) is 73.6 cm³/mol. The molecule has 0 radical (unpaired) electrons. The second kappa shape index (κ2) is 9.34. The summed E-state index contributed by atoms with van der Waals surface area (Å²) in [5.41, 5.74) is 0. The van der Waals surface area contributed by atoms with Crippen LogP contribution in [0.4, 0.5) is 0 Å². The van der Waals surface area contributed by atoms with Gasteiger partial charge in [0.1, 0.15) is 6.10 Å². The maximum atomic E-state index is 11.6. The summed E-state index contributed by atoms with van der Waals surface area (Å²) in [5.74, 6) is 0.0139. The van der Waals surface area contributed by atoms with E-state index in [1.165, 1.54) is 19.3 Å². The van der Waals surface area contributed by atoms with Crippen molar-refractivity contribution in [3.63, 3.8) is 0 Å². The van der Waals surface area contributed by atoms with Gasteiger partial charge in [0, 0.05) is 19.2 Å². The summed E-state index contributed by atoms with van der Waals surface area (Å²) in [6, 6.07) is 0.578. The third-order valence-electron chi connectivity index (χ3n) is 3.45. The number of rotatable bonds is 8. The zero-order chi connectivity index (χ0) is 13.2. The number of ether oxygens (including phenoxy) is 1. The third-order valence-corrected chi connectivity index (χ3v) is 3.45. The molecule has 1 aliphatic rings. The van der Waals surface area contributed by atoms with Crippen molar-refractivity contribution in [2.45, 2.75) is 64.5 Å². The summed E-state index contributed by atoms with van der Waals surface area (Å²) in [4.78, 5) is 11.6. The van der Waals surface area contributed by atoms with Crippen molar-refractivity contribution in [1.29, 1.82) is 0 Å². The number of carbonyl (C=O) groups excluding carboxylic acids is 1. The van der Waals surface area contributed by atoms with Crippen molar-refractivity contribution >= 4 is 5.91 Å². The minimum absolute atomic E-state index is 0.0139. The molecular formula is C14H28N2O2. The molecule has 1 rings (SSSR count). The molecule has 1 fully saturated rings. The molecule has 1 amide bonds. The van der Waals surface area contributed by atoms with Crippen molar-refractivity contribution in [3.8, 4) is 0 Å². The van der Waals surface area contributed by atoms with Crippen LogP contribution in [-0.4, -0.2) is 37.7 Å². The highest BCUT2D eigenvalue weighted by Crippen LogP contribution is 2.10. The van der Waals surface area contributed by atoms with Crippen LogP contribution in [0.3, 0.4) is 0 Å². The van der Waals surface area contributed by atoms with E-state index in [0.717, 1.165) is 32.4 Å². The topological polar surface area (TPSA) is 50.4 Å². The normalized spacial score (nSPS) is 21.6. The number of hydrogen-bond acceptors (Lipinski definition) is 3. The fourth-order valence-electron chi connectivity index (χ4n) is 2.17. The lowest BCUT2D eigenvalue weighted by Crippen LogP contribution is -2.37. The average Bonchev–Trinajstić information content (AvgIpc) is 2.40. The van der Waals surface area contributed by atoms with Gasteiger partial charge in [-0.1, -0.05) is 19.8 Å². The van der Waals surface area contributed by atoms with Crippen LogP contribution in [0.2, 0.25) is 0 Å². The van der Waals surface area contributed by atoms with Crippen LogP contribution < -0.4 is 10.6 Å². The first-order valence-corrected chi connectivity index (χ1v) is 7.36. The van der Waals surface area contributed by atoms with Gasteiger partial charge in [-0.15, -0.1) is 0 Å². The summed E-state index contributed by atoms with van der Waals surface area (Å²) in [7, 11) is 0. The van der Waals surface area contributed by atoms with Crippen molar-refractivity contribution in [3.05, 3.63) is 0 Å². The van der Waals surface area contributed by atoms with E-state index in [-0.39, 0.29) is 12.0 Å². The van der Waals surface area contributed by atoms with Gasteiger partial charge in [0.25, 0.3) is 0 Å². The standard InChI is InChI=1S/C14H28N2O2/c1-3-4-9-16-14(17)12(2)18-11-8-13-7-5-6-10-15-13/h12-13,15H,3-11H2,1-2H3,(H,16,17). The van der Waals surface area contributed by atoms with Gasteiger partial charge in [-0.3, -0.25) is 4.79 Å². The Hall–Kier alpha value is -0.610. The lowest BCUT2D eigenvalue weighted by molar-refractivity contribution is -0.131. The van der Waals surface area contributed by atoms with E-state index in [9.17, 15) is 4.79 Å². The molecule has 4 nitrogen and oxygen atoms in total. The Morgan fingerprint density at radius 3 is 3.00 bits per heavy atom. The van der Waals surface area contributed by atoms with Crippen LogP contribution in [0.15, 0.2) is 0 Å². The van der Waals surface area contributed by atoms with E-state index in [2.05, 4.69) is 17.6 Å². The largest absolute Gasteiger partial charge is 0.369 e. The van der Waals surface area contributed by atoms with Gasteiger partial charge in [-0.25, -0.2) is 0 Å². The van der Waals surface area contributed by atoms with Crippen molar-refractivity contribution in [2.75, 3.05) is 19.7 Å². The summed E-state index contributed by atoms with van der Waals surface area (Å²) >= 11 is 0. The van der Waals surface area contributed by atoms with Gasteiger partial charge in [0.2, 0.25) is 5.91 Å². The molecule has 0 bridgehead atoms. The van der Waals surface area contributed by atoms with Crippen LogP contribution >= 0.6 is 0 Å². The fourth-order valence-corrected chi connectivity index (χ4v) is 2.17. The molecule has 0 aromatic rings. The lowest BCUT2D eigenvalue weighted by atomic mass is 10.0. The van der Waals surface area contributed by atoms with E-state index in [1.54, 1.807) is 0 Å². The number of amides is 1. The maximum Gasteiger partial charge on any atom is 0.248 e. The zero-order valence-electron chi connectivity index (χ0n) is 11.8. The highest BCUT2D eigenvalue weighted by molar-refractivity contribution is 5.80. The molecule has 2 atom stereocenters. The molecule has 0 saturated carbocycles. The van der Waals surface area contributed by atoms with Gasteiger partial charge in [-0.2, -0.15) is 0 Å². The molecule has 2 unspecified atom stereocenters.